The van der Waals surface area contributed by atoms with E-state index in [-0.39, 0.29) is 22.1 Å². The number of benzene rings is 1. The van der Waals surface area contributed by atoms with Crippen LogP contribution in [0.3, 0.4) is 0 Å². The number of anilines is 2. The smallest absolute Gasteiger partial charge is 0.287 e. The Morgan fingerprint density at radius 3 is 2.80 bits per heavy atom. The average Bonchev–Trinajstić information content (AvgIpc) is 2.41. The fraction of sp³-hybridized carbons (Fsp3) is 0.0833. The Hall–Kier alpha value is -1.48. The summed E-state index contributed by atoms with van der Waals surface area (Å²) in [5.41, 5.74) is -0.559. The molecule has 0 saturated carbocycles. The van der Waals surface area contributed by atoms with Gasteiger partial charge in [0.05, 0.1) is 11.4 Å². The van der Waals surface area contributed by atoms with Crippen molar-refractivity contribution in [1.29, 1.82) is 0 Å². The number of halogens is 3. The zero-order valence-electron chi connectivity index (χ0n) is 10.2. The monoisotopic (exact) mass is 407 g/mol. The average molecular weight is 408 g/mol. The highest BCUT2D eigenvalue weighted by Gasteiger charge is 2.16. The summed E-state index contributed by atoms with van der Waals surface area (Å²) in [6.45, 7) is 0. The van der Waals surface area contributed by atoms with Crippen LogP contribution in [0, 0.1) is 9.39 Å². The molecule has 0 aliphatic carbocycles. The molecule has 0 saturated heterocycles. The first-order chi connectivity index (χ1) is 9.43. The third-order valence-corrected chi connectivity index (χ3v) is 3.54. The molecule has 0 aliphatic rings. The molecule has 2 rings (SSSR count). The van der Waals surface area contributed by atoms with E-state index in [4.69, 9.17) is 11.6 Å². The number of nitrogens with zero attached hydrogens (tertiary/aromatic N) is 2. The minimum Gasteiger partial charge on any atom is -0.350 e. The van der Waals surface area contributed by atoms with Gasteiger partial charge in [0.2, 0.25) is 0 Å². The number of aromatic nitrogens is 2. The molecule has 2 aromatic rings. The van der Waals surface area contributed by atoms with Crippen molar-refractivity contribution in [2.45, 2.75) is 0 Å². The maximum atomic E-state index is 13.8. The second-order valence-corrected chi connectivity index (χ2v) is 5.49. The molecule has 0 radical (unpaired) electrons. The van der Waals surface area contributed by atoms with Crippen LogP contribution in [0.1, 0.15) is 10.5 Å². The lowest BCUT2D eigenvalue weighted by atomic mass is 10.2. The van der Waals surface area contributed by atoms with Crippen molar-refractivity contribution >= 4 is 51.9 Å². The molecule has 0 amide bonds. The van der Waals surface area contributed by atoms with Gasteiger partial charge in [-0.3, -0.25) is 9.59 Å². The summed E-state index contributed by atoms with van der Waals surface area (Å²) in [7, 11) is 1.37. The summed E-state index contributed by atoms with van der Waals surface area (Å²) >= 11 is 7.87. The highest BCUT2D eigenvalue weighted by molar-refractivity contribution is 14.1. The number of carbonyl (C=O) groups excluding carboxylic acids is 1. The van der Waals surface area contributed by atoms with Crippen molar-refractivity contribution in [3.05, 3.63) is 48.7 Å². The largest absolute Gasteiger partial charge is 0.350 e. The second-order valence-electron chi connectivity index (χ2n) is 3.87. The fourth-order valence-electron chi connectivity index (χ4n) is 1.55. The minimum absolute atomic E-state index is 0.00938. The first kappa shape index (κ1) is 14.9. The van der Waals surface area contributed by atoms with Gasteiger partial charge in [-0.2, -0.15) is 5.10 Å². The van der Waals surface area contributed by atoms with Crippen LogP contribution >= 0.6 is 34.2 Å². The molecule has 104 valence electrons. The minimum atomic E-state index is -0.578. The molecular formula is C12H8ClFIN3O2. The van der Waals surface area contributed by atoms with Crippen molar-refractivity contribution in [2.75, 3.05) is 5.32 Å². The Kier molecular flexibility index (Phi) is 4.39. The van der Waals surface area contributed by atoms with E-state index < -0.39 is 11.4 Å². The van der Waals surface area contributed by atoms with E-state index >= 15 is 0 Å². The lowest BCUT2D eigenvalue weighted by Crippen LogP contribution is -2.23. The third kappa shape index (κ3) is 2.83. The Bertz CT molecular complexity index is 748. The van der Waals surface area contributed by atoms with Gasteiger partial charge >= 0.3 is 0 Å². The van der Waals surface area contributed by atoms with Crippen LogP contribution in [0.4, 0.5) is 15.8 Å². The topological polar surface area (TPSA) is 64.0 Å². The van der Waals surface area contributed by atoms with E-state index in [1.54, 1.807) is 6.07 Å². The van der Waals surface area contributed by atoms with Crippen molar-refractivity contribution in [3.8, 4) is 0 Å². The zero-order chi connectivity index (χ0) is 14.9. The van der Waals surface area contributed by atoms with Gasteiger partial charge in [0.1, 0.15) is 16.5 Å². The molecule has 8 heteroatoms. The number of hydrogen-bond donors (Lipinski definition) is 1. The van der Waals surface area contributed by atoms with Crippen LogP contribution in [0.25, 0.3) is 0 Å². The first-order valence-electron chi connectivity index (χ1n) is 5.38. The first-order valence-corrected chi connectivity index (χ1v) is 6.83. The van der Waals surface area contributed by atoms with Gasteiger partial charge in [0.25, 0.3) is 5.56 Å². The van der Waals surface area contributed by atoms with Gasteiger partial charge in [0, 0.05) is 10.6 Å². The van der Waals surface area contributed by atoms with E-state index in [0.717, 1.165) is 8.25 Å². The normalized spacial score (nSPS) is 10.4. The SMILES string of the molecule is Cn1nc(C=O)c(Nc2ccc(I)cc2F)c(Cl)c1=O. The molecule has 0 aliphatic heterocycles. The second kappa shape index (κ2) is 5.88. The molecule has 0 bridgehead atoms. The van der Waals surface area contributed by atoms with E-state index in [9.17, 15) is 14.0 Å². The number of hydrogen-bond acceptors (Lipinski definition) is 4. The van der Waals surface area contributed by atoms with Crippen molar-refractivity contribution in [1.82, 2.24) is 9.78 Å². The molecule has 0 atom stereocenters. The van der Waals surface area contributed by atoms with Crippen LogP contribution in [0.5, 0.6) is 0 Å². The van der Waals surface area contributed by atoms with Crippen molar-refractivity contribution in [3.63, 3.8) is 0 Å². The molecule has 1 aromatic heterocycles. The van der Waals surface area contributed by atoms with Gasteiger partial charge < -0.3 is 5.32 Å². The van der Waals surface area contributed by atoms with Gasteiger partial charge in [-0.1, -0.05) is 11.6 Å². The molecule has 0 fully saturated rings. The summed E-state index contributed by atoms with van der Waals surface area (Å²) in [6.07, 6.45) is 0.443. The maximum Gasteiger partial charge on any atom is 0.287 e. The summed E-state index contributed by atoms with van der Waals surface area (Å²) in [4.78, 5) is 22.7. The molecule has 0 spiro atoms. The molecule has 1 aromatic carbocycles. The highest BCUT2D eigenvalue weighted by atomic mass is 127. The third-order valence-electron chi connectivity index (χ3n) is 2.52. The Labute approximate surface area is 131 Å². The van der Waals surface area contributed by atoms with Crippen LogP contribution in [0.15, 0.2) is 23.0 Å². The van der Waals surface area contributed by atoms with Crippen LogP contribution < -0.4 is 10.9 Å². The molecule has 1 N–H and O–H groups in total. The molecular weight excluding hydrogens is 400 g/mol. The number of rotatable bonds is 3. The summed E-state index contributed by atoms with van der Waals surface area (Å²) in [6, 6.07) is 4.47. The Morgan fingerprint density at radius 2 is 2.20 bits per heavy atom. The quantitative estimate of drug-likeness (QED) is 0.628. The molecule has 0 unspecified atom stereocenters. The molecule has 1 heterocycles. The Morgan fingerprint density at radius 1 is 1.50 bits per heavy atom. The van der Waals surface area contributed by atoms with Crippen LogP contribution in [0.2, 0.25) is 5.02 Å². The van der Waals surface area contributed by atoms with Gasteiger partial charge in [-0.05, 0) is 40.8 Å². The number of nitrogens with one attached hydrogen (secondary N) is 1. The standard InChI is InChI=1S/C12H8ClFIN3O2/c1-18-12(20)10(13)11(9(5-19)17-18)16-8-3-2-6(15)4-7(8)14/h2-5,16H,1H3. The van der Waals surface area contributed by atoms with Gasteiger partial charge in [0.15, 0.2) is 6.29 Å². The lowest BCUT2D eigenvalue weighted by molar-refractivity contribution is 0.111. The van der Waals surface area contributed by atoms with E-state index in [2.05, 4.69) is 10.4 Å². The number of aryl methyl sites for hydroxylation is 1. The predicted molar refractivity (Wildman–Crippen MR) is 82.3 cm³/mol. The highest BCUT2D eigenvalue weighted by Crippen LogP contribution is 2.26. The maximum absolute atomic E-state index is 13.8. The number of carbonyl (C=O) groups is 1. The Balaban J connectivity index is 2.56. The van der Waals surface area contributed by atoms with Gasteiger partial charge in [-0.25, -0.2) is 9.07 Å². The predicted octanol–water partition coefficient (Wildman–Crippen LogP) is 2.73. The van der Waals surface area contributed by atoms with Gasteiger partial charge in [-0.15, -0.1) is 0 Å². The van der Waals surface area contributed by atoms with E-state index in [0.29, 0.717) is 6.29 Å². The van der Waals surface area contributed by atoms with Crippen LogP contribution in [-0.4, -0.2) is 16.1 Å². The lowest BCUT2D eigenvalue weighted by Gasteiger charge is -2.11. The zero-order valence-corrected chi connectivity index (χ0v) is 13.1. The molecule has 5 nitrogen and oxygen atoms in total. The summed E-state index contributed by atoms with van der Waals surface area (Å²) in [5.74, 6) is -0.523. The fourth-order valence-corrected chi connectivity index (χ4v) is 2.26. The summed E-state index contributed by atoms with van der Waals surface area (Å²) in [5, 5.41) is 6.18. The summed E-state index contributed by atoms with van der Waals surface area (Å²) < 4.78 is 15.4. The molecule has 20 heavy (non-hydrogen) atoms. The number of aldehydes is 1. The van der Waals surface area contributed by atoms with E-state index in [1.807, 2.05) is 22.6 Å². The van der Waals surface area contributed by atoms with Crippen molar-refractivity contribution in [2.24, 2.45) is 7.05 Å². The van der Waals surface area contributed by atoms with E-state index in [1.165, 1.54) is 19.2 Å². The van der Waals surface area contributed by atoms with Crippen LogP contribution in [-0.2, 0) is 7.05 Å². The van der Waals surface area contributed by atoms with Crippen molar-refractivity contribution < 1.29 is 9.18 Å².